The van der Waals surface area contributed by atoms with Crippen molar-refractivity contribution in [2.45, 2.75) is 25.8 Å². The van der Waals surface area contributed by atoms with Crippen molar-refractivity contribution in [3.63, 3.8) is 0 Å². The van der Waals surface area contributed by atoms with Crippen LogP contribution < -0.4 is 10.5 Å². The first-order chi connectivity index (χ1) is 9.38. The van der Waals surface area contributed by atoms with Crippen LogP contribution in [0, 0.1) is 5.92 Å². The average Bonchev–Trinajstić information content (AvgIpc) is 2.40. The Balaban J connectivity index is 2.79. The summed E-state index contributed by atoms with van der Waals surface area (Å²) in [6.45, 7) is 1.94. The van der Waals surface area contributed by atoms with Gasteiger partial charge in [-0.1, -0.05) is 30.1 Å². The zero-order valence-corrected chi connectivity index (χ0v) is 13.3. The molecule has 0 radical (unpaired) electrons. The Labute approximate surface area is 129 Å². The van der Waals surface area contributed by atoms with Crippen LogP contribution in [0.25, 0.3) is 0 Å². The number of hydrogen-bond donors (Lipinski definition) is 1. The van der Waals surface area contributed by atoms with E-state index in [2.05, 4.69) is 4.74 Å². The molecule has 2 unspecified atom stereocenters. The molecule has 0 saturated heterocycles. The van der Waals surface area contributed by atoms with E-state index < -0.39 is 0 Å². The summed E-state index contributed by atoms with van der Waals surface area (Å²) >= 11 is 12.3. The highest BCUT2D eigenvalue weighted by molar-refractivity contribution is 6.34. The van der Waals surface area contributed by atoms with Crippen molar-refractivity contribution in [2.24, 2.45) is 11.7 Å². The maximum absolute atomic E-state index is 11.2. The van der Waals surface area contributed by atoms with Crippen LogP contribution >= 0.6 is 23.2 Å². The third-order valence-corrected chi connectivity index (χ3v) is 3.69. The van der Waals surface area contributed by atoms with Gasteiger partial charge in [0.05, 0.1) is 19.2 Å². The van der Waals surface area contributed by atoms with Crippen LogP contribution in [0.1, 0.15) is 31.4 Å². The number of esters is 1. The molecule has 0 aliphatic carbocycles. The van der Waals surface area contributed by atoms with Crippen molar-refractivity contribution in [1.82, 2.24) is 0 Å². The smallest absolute Gasteiger partial charge is 0.305 e. The first-order valence-corrected chi connectivity index (χ1v) is 7.00. The molecule has 1 aromatic rings. The largest absolute Gasteiger partial charge is 0.495 e. The molecule has 0 amide bonds. The number of ether oxygens (including phenoxy) is 2. The Morgan fingerprint density at radius 1 is 1.30 bits per heavy atom. The van der Waals surface area contributed by atoms with Gasteiger partial charge in [0, 0.05) is 23.6 Å². The molecule has 0 bridgehead atoms. The molecule has 1 rings (SSSR count). The molecule has 4 nitrogen and oxygen atoms in total. The van der Waals surface area contributed by atoms with Crippen molar-refractivity contribution in [3.8, 4) is 5.75 Å². The van der Waals surface area contributed by atoms with Crippen molar-refractivity contribution in [1.29, 1.82) is 0 Å². The van der Waals surface area contributed by atoms with Gasteiger partial charge in [0.1, 0.15) is 5.75 Å². The molecule has 2 N–H and O–H groups in total. The number of methoxy groups -OCH3 is 2. The molecule has 2 atom stereocenters. The van der Waals surface area contributed by atoms with E-state index in [1.807, 2.05) is 6.92 Å². The summed E-state index contributed by atoms with van der Waals surface area (Å²) in [5.41, 5.74) is 6.88. The highest BCUT2D eigenvalue weighted by Gasteiger charge is 2.18. The number of hydrogen-bond acceptors (Lipinski definition) is 4. The summed E-state index contributed by atoms with van der Waals surface area (Å²) in [5, 5.41) is 0.965. The number of carbonyl (C=O) groups excluding carboxylic acids is 1. The molecule has 1 aromatic carbocycles. The normalized spacial score (nSPS) is 13.7. The van der Waals surface area contributed by atoms with E-state index in [-0.39, 0.29) is 17.9 Å². The fourth-order valence-corrected chi connectivity index (χ4v) is 2.54. The second kappa shape index (κ2) is 7.72. The molecule has 20 heavy (non-hydrogen) atoms. The molecule has 0 heterocycles. The monoisotopic (exact) mass is 319 g/mol. The highest BCUT2D eigenvalue weighted by Crippen LogP contribution is 2.35. The van der Waals surface area contributed by atoms with E-state index in [0.29, 0.717) is 28.6 Å². The van der Waals surface area contributed by atoms with Gasteiger partial charge in [0.15, 0.2) is 0 Å². The number of nitrogens with two attached hydrogens (primary N) is 1. The molecule has 0 aromatic heterocycles. The minimum atomic E-state index is -0.300. The zero-order valence-electron chi connectivity index (χ0n) is 11.8. The van der Waals surface area contributed by atoms with E-state index in [1.165, 1.54) is 14.2 Å². The van der Waals surface area contributed by atoms with Gasteiger partial charge >= 0.3 is 5.97 Å². The van der Waals surface area contributed by atoms with Crippen LogP contribution in [0.5, 0.6) is 5.75 Å². The summed E-state index contributed by atoms with van der Waals surface area (Å²) in [5.74, 6) is 0.355. The van der Waals surface area contributed by atoms with Crippen LogP contribution in [0.3, 0.4) is 0 Å². The topological polar surface area (TPSA) is 61.5 Å². The molecule has 112 valence electrons. The Morgan fingerprint density at radius 3 is 2.50 bits per heavy atom. The second-order valence-corrected chi connectivity index (χ2v) is 5.55. The predicted octanol–water partition coefficient (Wildman–Crippen LogP) is 3.59. The lowest BCUT2D eigenvalue weighted by Crippen LogP contribution is -2.17. The van der Waals surface area contributed by atoms with E-state index >= 15 is 0 Å². The maximum atomic E-state index is 11.2. The van der Waals surface area contributed by atoms with Gasteiger partial charge in [0.25, 0.3) is 0 Å². The number of halogens is 2. The van der Waals surface area contributed by atoms with E-state index in [9.17, 15) is 4.79 Å². The molecule has 0 fully saturated rings. The first kappa shape index (κ1) is 17.1. The standard InChI is InChI=1S/C14H19Cl2NO3/c1-8(5-14(18)20-3)4-12(17)9-6-11(16)13(19-2)7-10(9)15/h6-8,12H,4-5,17H2,1-3H3. The van der Waals surface area contributed by atoms with Crippen LogP contribution in [0.15, 0.2) is 12.1 Å². The lowest BCUT2D eigenvalue weighted by atomic mass is 9.94. The van der Waals surface area contributed by atoms with Crippen molar-refractivity contribution in [3.05, 3.63) is 27.7 Å². The summed E-state index contributed by atoms with van der Waals surface area (Å²) in [4.78, 5) is 11.2. The van der Waals surface area contributed by atoms with Crippen LogP contribution in [0.2, 0.25) is 10.0 Å². The number of rotatable bonds is 6. The molecular formula is C14H19Cl2NO3. The lowest BCUT2D eigenvalue weighted by Gasteiger charge is -2.19. The Morgan fingerprint density at radius 2 is 1.95 bits per heavy atom. The molecule has 6 heteroatoms. The Hall–Kier alpha value is -0.970. The van der Waals surface area contributed by atoms with Crippen molar-refractivity contribution < 1.29 is 14.3 Å². The fourth-order valence-electron chi connectivity index (χ4n) is 2.00. The molecule has 0 spiro atoms. The fraction of sp³-hybridized carbons (Fsp3) is 0.500. The quantitative estimate of drug-likeness (QED) is 0.814. The van der Waals surface area contributed by atoms with E-state index in [1.54, 1.807) is 12.1 Å². The zero-order chi connectivity index (χ0) is 15.3. The number of benzene rings is 1. The minimum absolute atomic E-state index is 0.0920. The third-order valence-electron chi connectivity index (χ3n) is 3.07. The van der Waals surface area contributed by atoms with Gasteiger partial charge in [0.2, 0.25) is 0 Å². The summed E-state index contributed by atoms with van der Waals surface area (Å²) in [6.07, 6.45) is 0.934. The number of carbonyl (C=O) groups is 1. The van der Waals surface area contributed by atoms with Crippen LogP contribution in [-0.2, 0) is 9.53 Å². The van der Waals surface area contributed by atoms with Gasteiger partial charge in [-0.05, 0) is 24.0 Å². The predicted molar refractivity (Wildman–Crippen MR) is 80.4 cm³/mol. The molecular weight excluding hydrogens is 301 g/mol. The van der Waals surface area contributed by atoms with Gasteiger partial charge in [-0.3, -0.25) is 4.79 Å². The SMILES string of the molecule is COC(=O)CC(C)CC(N)c1cc(Cl)c(OC)cc1Cl. The van der Waals surface area contributed by atoms with Crippen molar-refractivity contribution in [2.75, 3.05) is 14.2 Å². The Bertz CT molecular complexity index is 480. The summed E-state index contributed by atoms with van der Waals surface area (Å²) in [6, 6.07) is 3.05. The second-order valence-electron chi connectivity index (χ2n) is 4.74. The van der Waals surface area contributed by atoms with Gasteiger partial charge < -0.3 is 15.2 Å². The summed E-state index contributed by atoms with van der Waals surface area (Å²) in [7, 11) is 2.89. The minimum Gasteiger partial charge on any atom is -0.495 e. The van der Waals surface area contributed by atoms with Crippen LogP contribution in [0.4, 0.5) is 0 Å². The van der Waals surface area contributed by atoms with E-state index in [4.69, 9.17) is 33.7 Å². The first-order valence-electron chi connectivity index (χ1n) is 6.24. The average molecular weight is 320 g/mol. The van der Waals surface area contributed by atoms with E-state index in [0.717, 1.165) is 5.56 Å². The highest BCUT2D eigenvalue weighted by atomic mass is 35.5. The lowest BCUT2D eigenvalue weighted by molar-refractivity contribution is -0.141. The van der Waals surface area contributed by atoms with Gasteiger partial charge in [-0.15, -0.1) is 0 Å². The molecule has 0 aliphatic rings. The third kappa shape index (κ3) is 4.54. The molecule has 0 saturated carbocycles. The van der Waals surface area contributed by atoms with Crippen LogP contribution in [-0.4, -0.2) is 20.2 Å². The summed E-state index contributed by atoms with van der Waals surface area (Å²) < 4.78 is 9.73. The van der Waals surface area contributed by atoms with Gasteiger partial charge in [-0.25, -0.2) is 0 Å². The molecule has 0 aliphatic heterocycles. The van der Waals surface area contributed by atoms with Gasteiger partial charge in [-0.2, -0.15) is 0 Å². The Kier molecular flexibility index (Phi) is 6.59. The van der Waals surface area contributed by atoms with Crippen molar-refractivity contribution >= 4 is 29.2 Å². The maximum Gasteiger partial charge on any atom is 0.305 e.